The summed E-state index contributed by atoms with van der Waals surface area (Å²) in [6, 6.07) is 0. The van der Waals surface area contributed by atoms with Crippen LogP contribution in [0.1, 0.15) is 37.4 Å². The standard InChI is InChI=1S/C13H20N2O3S/c1-5-6-13(3,12(17)18-4)15-11(16)7-10-8-19-9(2)14-10/h8H,5-7H2,1-4H3,(H,15,16). The molecule has 1 atom stereocenters. The Bertz CT molecular complexity index is 458. The first-order valence-corrected chi connectivity index (χ1v) is 7.09. The Morgan fingerprint density at radius 1 is 1.53 bits per heavy atom. The van der Waals surface area contributed by atoms with E-state index < -0.39 is 11.5 Å². The Hall–Kier alpha value is -1.43. The number of methoxy groups -OCH3 is 1. The van der Waals surface area contributed by atoms with E-state index in [1.54, 1.807) is 6.92 Å². The van der Waals surface area contributed by atoms with Crippen molar-refractivity contribution in [3.05, 3.63) is 16.1 Å². The Balaban J connectivity index is 2.68. The highest BCUT2D eigenvalue weighted by atomic mass is 32.1. The van der Waals surface area contributed by atoms with Crippen LogP contribution >= 0.6 is 11.3 Å². The highest BCUT2D eigenvalue weighted by Crippen LogP contribution is 2.15. The number of hydrogen-bond acceptors (Lipinski definition) is 5. The Labute approximate surface area is 117 Å². The van der Waals surface area contributed by atoms with Gasteiger partial charge in [-0.05, 0) is 20.3 Å². The number of nitrogens with one attached hydrogen (secondary N) is 1. The van der Waals surface area contributed by atoms with E-state index in [0.717, 1.165) is 17.1 Å². The monoisotopic (exact) mass is 284 g/mol. The van der Waals surface area contributed by atoms with Crippen LogP contribution in [0, 0.1) is 6.92 Å². The molecule has 1 heterocycles. The first-order valence-electron chi connectivity index (χ1n) is 6.21. The fourth-order valence-corrected chi connectivity index (χ4v) is 2.56. The second kappa shape index (κ2) is 6.65. The third-order valence-corrected chi connectivity index (χ3v) is 3.63. The van der Waals surface area contributed by atoms with Crippen molar-refractivity contribution >= 4 is 23.2 Å². The van der Waals surface area contributed by atoms with Gasteiger partial charge in [0.2, 0.25) is 5.91 Å². The van der Waals surface area contributed by atoms with Crippen LogP contribution in [0.5, 0.6) is 0 Å². The summed E-state index contributed by atoms with van der Waals surface area (Å²) in [7, 11) is 1.33. The van der Waals surface area contributed by atoms with E-state index in [0.29, 0.717) is 6.42 Å². The zero-order valence-electron chi connectivity index (χ0n) is 11.8. The summed E-state index contributed by atoms with van der Waals surface area (Å²) < 4.78 is 4.76. The summed E-state index contributed by atoms with van der Waals surface area (Å²) in [5.41, 5.74) is -0.241. The average Bonchev–Trinajstić information content (AvgIpc) is 2.73. The Morgan fingerprint density at radius 3 is 2.68 bits per heavy atom. The molecular weight excluding hydrogens is 264 g/mol. The minimum absolute atomic E-state index is 0.181. The summed E-state index contributed by atoms with van der Waals surface area (Å²) in [4.78, 5) is 28.0. The van der Waals surface area contributed by atoms with Crippen molar-refractivity contribution in [3.8, 4) is 0 Å². The molecule has 0 aromatic carbocycles. The number of nitrogens with zero attached hydrogens (tertiary/aromatic N) is 1. The van der Waals surface area contributed by atoms with E-state index in [9.17, 15) is 9.59 Å². The lowest BCUT2D eigenvalue weighted by atomic mass is 9.96. The van der Waals surface area contributed by atoms with Crippen LogP contribution in [0.25, 0.3) is 0 Å². The molecule has 1 amide bonds. The average molecular weight is 284 g/mol. The van der Waals surface area contributed by atoms with Gasteiger partial charge in [-0.3, -0.25) is 4.79 Å². The van der Waals surface area contributed by atoms with Gasteiger partial charge >= 0.3 is 5.97 Å². The highest BCUT2D eigenvalue weighted by Gasteiger charge is 2.35. The van der Waals surface area contributed by atoms with Crippen LogP contribution < -0.4 is 5.32 Å². The second-order valence-corrected chi connectivity index (χ2v) is 5.72. The number of esters is 1. The van der Waals surface area contributed by atoms with Gasteiger partial charge in [0.1, 0.15) is 5.54 Å². The zero-order chi connectivity index (χ0) is 14.5. The molecule has 106 valence electrons. The molecule has 1 N–H and O–H groups in total. The number of aromatic nitrogens is 1. The van der Waals surface area contributed by atoms with E-state index >= 15 is 0 Å². The molecule has 0 radical (unpaired) electrons. The SMILES string of the molecule is CCCC(C)(NC(=O)Cc1csc(C)n1)C(=O)OC. The molecule has 1 aromatic rings. The maximum Gasteiger partial charge on any atom is 0.331 e. The normalized spacial score (nSPS) is 13.7. The van der Waals surface area contributed by atoms with Crippen LogP contribution in [0.2, 0.25) is 0 Å². The molecule has 0 spiro atoms. The van der Waals surface area contributed by atoms with Gasteiger partial charge < -0.3 is 10.1 Å². The number of thiazole rings is 1. The van der Waals surface area contributed by atoms with E-state index in [-0.39, 0.29) is 12.3 Å². The van der Waals surface area contributed by atoms with Crippen molar-refractivity contribution in [2.75, 3.05) is 7.11 Å². The molecule has 0 fully saturated rings. The third-order valence-electron chi connectivity index (χ3n) is 2.81. The van der Waals surface area contributed by atoms with Crippen molar-refractivity contribution in [1.29, 1.82) is 0 Å². The number of hydrogen-bond donors (Lipinski definition) is 1. The van der Waals surface area contributed by atoms with Crippen LogP contribution in [0.3, 0.4) is 0 Å². The second-order valence-electron chi connectivity index (χ2n) is 4.66. The van der Waals surface area contributed by atoms with Gasteiger partial charge in [-0.15, -0.1) is 11.3 Å². The van der Waals surface area contributed by atoms with E-state index in [1.165, 1.54) is 18.4 Å². The van der Waals surface area contributed by atoms with Crippen molar-refractivity contribution in [2.24, 2.45) is 0 Å². The van der Waals surface area contributed by atoms with Crippen LogP contribution in [-0.4, -0.2) is 29.5 Å². The van der Waals surface area contributed by atoms with Gasteiger partial charge in [0, 0.05) is 5.38 Å². The van der Waals surface area contributed by atoms with Gasteiger partial charge in [-0.2, -0.15) is 0 Å². The molecule has 0 aliphatic rings. The quantitative estimate of drug-likeness (QED) is 0.809. The molecule has 0 saturated carbocycles. The number of aryl methyl sites for hydroxylation is 1. The largest absolute Gasteiger partial charge is 0.467 e. The fraction of sp³-hybridized carbons (Fsp3) is 0.615. The minimum Gasteiger partial charge on any atom is -0.467 e. The minimum atomic E-state index is -0.967. The fourth-order valence-electron chi connectivity index (χ4n) is 1.95. The molecule has 19 heavy (non-hydrogen) atoms. The Kier molecular flexibility index (Phi) is 5.47. The molecule has 0 aliphatic heterocycles. The maximum atomic E-state index is 12.0. The summed E-state index contributed by atoms with van der Waals surface area (Å²) in [5, 5.41) is 5.53. The lowest BCUT2D eigenvalue weighted by molar-refractivity contribution is -0.150. The lowest BCUT2D eigenvalue weighted by Crippen LogP contribution is -2.53. The van der Waals surface area contributed by atoms with E-state index in [2.05, 4.69) is 10.3 Å². The summed E-state index contributed by atoms with van der Waals surface area (Å²) >= 11 is 1.50. The predicted molar refractivity (Wildman–Crippen MR) is 74.0 cm³/mol. The van der Waals surface area contributed by atoms with Crippen molar-refractivity contribution in [2.45, 2.75) is 45.6 Å². The molecule has 1 aromatic heterocycles. The van der Waals surface area contributed by atoms with Crippen LogP contribution in [0.15, 0.2) is 5.38 Å². The first kappa shape index (κ1) is 15.6. The van der Waals surface area contributed by atoms with E-state index in [1.807, 2.05) is 19.2 Å². The van der Waals surface area contributed by atoms with Crippen molar-refractivity contribution in [1.82, 2.24) is 10.3 Å². The van der Waals surface area contributed by atoms with Crippen molar-refractivity contribution < 1.29 is 14.3 Å². The number of ether oxygens (including phenoxy) is 1. The number of carbonyl (C=O) groups is 2. The third kappa shape index (κ3) is 4.31. The van der Waals surface area contributed by atoms with Gasteiger partial charge in [0.05, 0.1) is 24.2 Å². The maximum absolute atomic E-state index is 12.0. The molecule has 1 rings (SSSR count). The summed E-state index contributed by atoms with van der Waals surface area (Å²) in [5.74, 6) is -0.635. The van der Waals surface area contributed by atoms with Gasteiger partial charge in [0.15, 0.2) is 0 Å². The highest BCUT2D eigenvalue weighted by molar-refractivity contribution is 7.09. The van der Waals surface area contributed by atoms with Gasteiger partial charge in [0.25, 0.3) is 0 Å². The molecule has 5 nitrogen and oxygen atoms in total. The summed E-state index contributed by atoms with van der Waals surface area (Å²) in [6.45, 7) is 5.53. The smallest absolute Gasteiger partial charge is 0.331 e. The van der Waals surface area contributed by atoms with Crippen molar-refractivity contribution in [3.63, 3.8) is 0 Å². The molecule has 6 heteroatoms. The number of carbonyl (C=O) groups excluding carboxylic acids is 2. The molecule has 1 unspecified atom stereocenters. The molecule has 0 bridgehead atoms. The number of rotatable bonds is 6. The first-order chi connectivity index (χ1) is 8.91. The Morgan fingerprint density at radius 2 is 2.21 bits per heavy atom. The van der Waals surface area contributed by atoms with E-state index in [4.69, 9.17) is 4.74 Å². The van der Waals surface area contributed by atoms with Gasteiger partial charge in [-0.25, -0.2) is 9.78 Å². The van der Waals surface area contributed by atoms with Crippen LogP contribution in [-0.2, 0) is 20.7 Å². The molecule has 0 saturated heterocycles. The number of amides is 1. The topological polar surface area (TPSA) is 68.3 Å². The van der Waals surface area contributed by atoms with Crippen LogP contribution in [0.4, 0.5) is 0 Å². The zero-order valence-corrected chi connectivity index (χ0v) is 12.6. The predicted octanol–water partition coefficient (Wildman–Crippen LogP) is 1.84. The molecule has 0 aliphatic carbocycles. The molecular formula is C13H20N2O3S. The lowest BCUT2D eigenvalue weighted by Gasteiger charge is -2.27. The summed E-state index contributed by atoms with van der Waals surface area (Å²) in [6.07, 6.45) is 1.50. The van der Waals surface area contributed by atoms with Gasteiger partial charge in [-0.1, -0.05) is 13.3 Å².